The van der Waals surface area contributed by atoms with Gasteiger partial charge in [-0.05, 0) is 74.7 Å². The van der Waals surface area contributed by atoms with Crippen LogP contribution in [0.15, 0.2) is 55.1 Å². The molecule has 29 heavy (non-hydrogen) atoms. The van der Waals surface area contributed by atoms with E-state index in [1.807, 2.05) is 44.2 Å². The molecule has 0 heterocycles. The summed E-state index contributed by atoms with van der Waals surface area (Å²) in [4.78, 5) is 12.5. The topological polar surface area (TPSA) is 44.8 Å². The predicted octanol–water partition coefficient (Wildman–Crippen LogP) is 5.90. The van der Waals surface area contributed by atoms with Crippen molar-refractivity contribution in [1.82, 2.24) is 0 Å². The molecule has 0 saturated carbocycles. The summed E-state index contributed by atoms with van der Waals surface area (Å²) >= 11 is 0. The Morgan fingerprint density at radius 3 is 2.10 bits per heavy atom. The fourth-order valence-electron chi connectivity index (χ4n) is 2.85. The molecule has 0 radical (unpaired) electrons. The zero-order valence-electron chi connectivity index (χ0n) is 17.6. The second kappa shape index (κ2) is 11.7. The van der Waals surface area contributed by atoms with Gasteiger partial charge in [0.15, 0.2) is 5.78 Å². The maximum Gasteiger partial charge on any atom is 0.185 e. The minimum Gasteiger partial charge on any atom is -0.494 e. The van der Waals surface area contributed by atoms with Crippen LogP contribution < -0.4 is 14.2 Å². The minimum atomic E-state index is -0.0712. The molecule has 0 N–H and O–H groups in total. The van der Waals surface area contributed by atoms with Crippen molar-refractivity contribution in [2.45, 2.75) is 33.6 Å². The van der Waals surface area contributed by atoms with E-state index in [0.29, 0.717) is 31.8 Å². The van der Waals surface area contributed by atoms with Gasteiger partial charge in [-0.15, -0.1) is 6.58 Å². The summed E-state index contributed by atoms with van der Waals surface area (Å²) in [6.45, 7) is 11.5. The molecular weight excluding hydrogens is 364 g/mol. The summed E-state index contributed by atoms with van der Waals surface area (Å²) in [6.07, 6.45) is 6.78. The standard InChI is InChI=1S/C25H30O4/c1-5-9-22-24(27-7-3)17-19(18-25(22)28-8-4)10-15-23(26)20-11-13-21(14-12-20)29-16-6-2/h5,10-15,17-18H,1,6-9,16H2,2-4H3. The zero-order valence-corrected chi connectivity index (χ0v) is 17.6. The molecule has 2 aromatic carbocycles. The van der Waals surface area contributed by atoms with Crippen LogP contribution in [0.1, 0.15) is 48.7 Å². The molecule has 2 rings (SSSR count). The van der Waals surface area contributed by atoms with Gasteiger partial charge in [0, 0.05) is 11.1 Å². The predicted molar refractivity (Wildman–Crippen MR) is 118 cm³/mol. The summed E-state index contributed by atoms with van der Waals surface area (Å²) < 4.78 is 17.1. The molecule has 154 valence electrons. The Bertz CT molecular complexity index is 807. The molecular formula is C25H30O4. The van der Waals surface area contributed by atoms with Gasteiger partial charge < -0.3 is 14.2 Å². The average Bonchev–Trinajstić information content (AvgIpc) is 2.73. The molecule has 0 amide bonds. The van der Waals surface area contributed by atoms with E-state index in [1.165, 1.54) is 0 Å². The van der Waals surface area contributed by atoms with Crippen LogP contribution in [0.4, 0.5) is 0 Å². The third-order valence-corrected chi connectivity index (χ3v) is 4.18. The quantitative estimate of drug-likeness (QED) is 0.255. The molecule has 0 bridgehead atoms. The van der Waals surface area contributed by atoms with Gasteiger partial charge in [0.1, 0.15) is 17.2 Å². The molecule has 2 aromatic rings. The van der Waals surface area contributed by atoms with Crippen molar-refractivity contribution >= 4 is 11.9 Å². The number of carbonyl (C=O) groups excluding carboxylic acids is 1. The Kier molecular flexibility index (Phi) is 9.03. The summed E-state index contributed by atoms with van der Waals surface area (Å²) in [7, 11) is 0. The molecule has 0 atom stereocenters. The highest BCUT2D eigenvalue weighted by Gasteiger charge is 2.12. The van der Waals surface area contributed by atoms with Crippen molar-refractivity contribution in [3.63, 3.8) is 0 Å². The fourth-order valence-corrected chi connectivity index (χ4v) is 2.85. The molecule has 0 aliphatic carbocycles. The largest absolute Gasteiger partial charge is 0.494 e. The maximum atomic E-state index is 12.5. The van der Waals surface area contributed by atoms with E-state index in [0.717, 1.165) is 34.8 Å². The highest BCUT2D eigenvalue weighted by molar-refractivity contribution is 6.06. The van der Waals surface area contributed by atoms with Crippen LogP contribution in [0, 0.1) is 0 Å². The van der Waals surface area contributed by atoms with Crippen LogP contribution in [-0.4, -0.2) is 25.6 Å². The van der Waals surface area contributed by atoms with Crippen molar-refractivity contribution in [3.05, 3.63) is 71.8 Å². The van der Waals surface area contributed by atoms with Crippen LogP contribution in [-0.2, 0) is 6.42 Å². The van der Waals surface area contributed by atoms with Gasteiger partial charge in [0.25, 0.3) is 0 Å². The number of ether oxygens (including phenoxy) is 3. The van der Waals surface area contributed by atoms with E-state index in [2.05, 4.69) is 13.5 Å². The first kappa shape index (κ1) is 22.3. The van der Waals surface area contributed by atoms with Crippen molar-refractivity contribution in [1.29, 1.82) is 0 Å². The molecule has 0 unspecified atom stereocenters. The molecule has 0 saturated heterocycles. The molecule has 0 aliphatic rings. The van der Waals surface area contributed by atoms with E-state index in [-0.39, 0.29) is 5.78 Å². The van der Waals surface area contributed by atoms with Gasteiger partial charge in [-0.2, -0.15) is 0 Å². The lowest BCUT2D eigenvalue weighted by atomic mass is 10.0. The van der Waals surface area contributed by atoms with Crippen LogP contribution in [0.25, 0.3) is 6.08 Å². The third kappa shape index (κ3) is 6.53. The van der Waals surface area contributed by atoms with E-state index in [1.54, 1.807) is 24.3 Å². The van der Waals surface area contributed by atoms with Crippen LogP contribution in [0.3, 0.4) is 0 Å². The summed E-state index contributed by atoms with van der Waals surface area (Å²) in [5.74, 6) is 2.21. The normalized spacial score (nSPS) is 10.7. The number of carbonyl (C=O) groups is 1. The number of hydrogen-bond acceptors (Lipinski definition) is 4. The Labute approximate surface area is 173 Å². The lowest BCUT2D eigenvalue weighted by Crippen LogP contribution is -2.02. The van der Waals surface area contributed by atoms with Gasteiger partial charge in [-0.1, -0.05) is 19.1 Å². The summed E-state index contributed by atoms with van der Waals surface area (Å²) in [6, 6.07) is 11.1. The molecule has 4 nitrogen and oxygen atoms in total. The lowest BCUT2D eigenvalue weighted by molar-refractivity contribution is 0.104. The SMILES string of the molecule is C=CCc1c(OCC)cc(C=CC(=O)c2ccc(OCCC)cc2)cc1OCC. The summed E-state index contributed by atoms with van der Waals surface area (Å²) in [5, 5.41) is 0. The van der Waals surface area contributed by atoms with Crippen LogP contribution in [0.2, 0.25) is 0 Å². The number of benzene rings is 2. The smallest absolute Gasteiger partial charge is 0.185 e. The second-order valence-electron chi connectivity index (χ2n) is 6.42. The van der Waals surface area contributed by atoms with Crippen molar-refractivity contribution in [3.8, 4) is 17.2 Å². The monoisotopic (exact) mass is 394 g/mol. The van der Waals surface area contributed by atoms with Gasteiger partial charge in [0.05, 0.1) is 19.8 Å². The number of allylic oxidation sites excluding steroid dienone is 2. The first-order valence-electron chi connectivity index (χ1n) is 10.1. The highest BCUT2D eigenvalue weighted by atomic mass is 16.5. The molecule has 0 aliphatic heterocycles. The molecule has 0 spiro atoms. The maximum absolute atomic E-state index is 12.5. The van der Waals surface area contributed by atoms with Gasteiger partial charge in [0.2, 0.25) is 0 Å². The highest BCUT2D eigenvalue weighted by Crippen LogP contribution is 2.32. The zero-order chi connectivity index (χ0) is 21.1. The van der Waals surface area contributed by atoms with E-state index >= 15 is 0 Å². The van der Waals surface area contributed by atoms with E-state index in [4.69, 9.17) is 14.2 Å². The van der Waals surface area contributed by atoms with Crippen LogP contribution >= 0.6 is 0 Å². The second-order valence-corrected chi connectivity index (χ2v) is 6.42. The lowest BCUT2D eigenvalue weighted by Gasteiger charge is -2.15. The van der Waals surface area contributed by atoms with E-state index < -0.39 is 0 Å². The fraction of sp³-hybridized carbons (Fsp3) is 0.320. The number of ketones is 1. The molecule has 4 heteroatoms. The number of hydrogen-bond donors (Lipinski definition) is 0. The first-order valence-corrected chi connectivity index (χ1v) is 10.1. The van der Waals surface area contributed by atoms with Crippen molar-refractivity contribution in [2.24, 2.45) is 0 Å². The van der Waals surface area contributed by atoms with Gasteiger partial charge >= 0.3 is 0 Å². The van der Waals surface area contributed by atoms with Gasteiger partial charge in [-0.25, -0.2) is 0 Å². The molecule has 0 aromatic heterocycles. The van der Waals surface area contributed by atoms with E-state index in [9.17, 15) is 4.79 Å². The Morgan fingerprint density at radius 1 is 0.966 bits per heavy atom. The third-order valence-electron chi connectivity index (χ3n) is 4.18. The Morgan fingerprint density at radius 2 is 1.59 bits per heavy atom. The number of rotatable bonds is 12. The van der Waals surface area contributed by atoms with Gasteiger partial charge in [-0.3, -0.25) is 4.79 Å². The minimum absolute atomic E-state index is 0.0712. The Hall–Kier alpha value is -3.01. The first-order chi connectivity index (χ1) is 14.1. The van der Waals surface area contributed by atoms with Crippen molar-refractivity contribution < 1.29 is 19.0 Å². The average molecular weight is 395 g/mol. The van der Waals surface area contributed by atoms with Crippen molar-refractivity contribution in [2.75, 3.05) is 19.8 Å². The van der Waals surface area contributed by atoms with Crippen LogP contribution in [0.5, 0.6) is 17.2 Å². The molecule has 0 fully saturated rings. The Balaban J connectivity index is 2.23. The summed E-state index contributed by atoms with van der Waals surface area (Å²) in [5.41, 5.74) is 2.43.